The van der Waals surface area contributed by atoms with E-state index in [0.29, 0.717) is 6.54 Å². The molecule has 0 radical (unpaired) electrons. The van der Waals surface area contributed by atoms with E-state index in [1.165, 1.54) is 0 Å². The molecule has 2 aromatic carbocycles. The zero-order chi connectivity index (χ0) is 17.8. The van der Waals surface area contributed by atoms with Crippen LogP contribution >= 0.6 is 0 Å². The molecule has 0 saturated carbocycles. The molecule has 1 atom stereocenters. The predicted octanol–water partition coefficient (Wildman–Crippen LogP) is 2.67. The maximum atomic E-state index is 12.8. The fourth-order valence-corrected chi connectivity index (χ4v) is 2.90. The lowest BCUT2D eigenvalue weighted by atomic mass is 10.1. The normalized spacial score (nSPS) is 17.4. The van der Waals surface area contributed by atoms with Crippen LogP contribution in [0.3, 0.4) is 0 Å². The van der Waals surface area contributed by atoms with Crippen molar-refractivity contribution in [3.63, 3.8) is 0 Å². The summed E-state index contributed by atoms with van der Waals surface area (Å²) in [5.74, 6) is -0.395. The number of benzene rings is 2. The van der Waals surface area contributed by atoms with Gasteiger partial charge in [-0.3, -0.25) is 9.59 Å². The lowest BCUT2D eigenvalue weighted by Gasteiger charge is -2.34. The van der Waals surface area contributed by atoms with E-state index in [1.54, 1.807) is 4.90 Å². The van der Waals surface area contributed by atoms with Crippen molar-refractivity contribution < 1.29 is 14.3 Å². The van der Waals surface area contributed by atoms with Crippen LogP contribution in [0.25, 0.3) is 0 Å². The second kappa shape index (κ2) is 7.49. The topological polar surface area (TPSA) is 58.6 Å². The minimum absolute atomic E-state index is 0.0140. The van der Waals surface area contributed by atoms with Gasteiger partial charge in [-0.25, -0.2) is 0 Å². The molecule has 1 aliphatic rings. The molecule has 130 valence electrons. The summed E-state index contributed by atoms with van der Waals surface area (Å²) in [5.41, 5.74) is 3.88. The summed E-state index contributed by atoms with van der Waals surface area (Å²) in [6.45, 7) is 4.58. The predicted molar refractivity (Wildman–Crippen MR) is 96.1 cm³/mol. The quantitative estimate of drug-likeness (QED) is 0.932. The van der Waals surface area contributed by atoms with Crippen molar-refractivity contribution in [3.8, 4) is 0 Å². The third kappa shape index (κ3) is 3.88. The summed E-state index contributed by atoms with van der Waals surface area (Å²) in [5, 5.41) is 2.94. The Hall–Kier alpha value is -2.66. The molecule has 0 bridgehead atoms. The standard InChI is InChI=1S/C20H22N2O3/c1-14-7-6-10-17(15(14)2)21-20(24)18-12-25-13-19(23)22(18)11-16-8-4-3-5-9-16/h3-10,18H,11-13H2,1-2H3,(H,21,24). The molecule has 2 aromatic rings. The fraction of sp³-hybridized carbons (Fsp3) is 0.300. The molecular weight excluding hydrogens is 316 g/mol. The van der Waals surface area contributed by atoms with E-state index in [4.69, 9.17) is 4.74 Å². The van der Waals surface area contributed by atoms with Gasteiger partial charge in [0, 0.05) is 12.2 Å². The van der Waals surface area contributed by atoms with Crippen molar-refractivity contribution in [2.24, 2.45) is 0 Å². The number of carbonyl (C=O) groups is 2. The molecular formula is C20H22N2O3. The van der Waals surface area contributed by atoms with Crippen LogP contribution in [0.4, 0.5) is 5.69 Å². The molecule has 1 N–H and O–H groups in total. The van der Waals surface area contributed by atoms with Crippen LogP contribution < -0.4 is 5.32 Å². The Morgan fingerprint density at radius 1 is 1.16 bits per heavy atom. The van der Waals surface area contributed by atoms with E-state index in [2.05, 4.69) is 5.32 Å². The minimum Gasteiger partial charge on any atom is -0.369 e. The third-order valence-electron chi connectivity index (χ3n) is 4.56. The third-order valence-corrected chi connectivity index (χ3v) is 4.56. The molecule has 2 amide bonds. The van der Waals surface area contributed by atoms with Gasteiger partial charge in [0.2, 0.25) is 11.8 Å². The molecule has 1 unspecified atom stereocenters. The van der Waals surface area contributed by atoms with Crippen LogP contribution in [0.1, 0.15) is 16.7 Å². The second-order valence-electron chi connectivity index (χ2n) is 6.27. The van der Waals surface area contributed by atoms with Gasteiger partial charge in [0.05, 0.1) is 6.61 Å². The maximum Gasteiger partial charge on any atom is 0.249 e. The number of hydrogen-bond acceptors (Lipinski definition) is 3. The molecule has 1 heterocycles. The Bertz CT molecular complexity index is 774. The van der Waals surface area contributed by atoms with Crippen LogP contribution in [0.2, 0.25) is 0 Å². The summed E-state index contributed by atoms with van der Waals surface area (Å²) >= 11 is 0. The summed E-state index contributed by atoms with van der Waals surface area (Å²) in [6, 6.07) is 14.8. The van der Waals surface area contributed by atoms with Gasteiger partial charge >= 0.3 is 0 Å². The van der Waals surface area contributed by atoms with Crippen LogP contribution in [0, 0.1) is 13.8 Å². The number of carbonyl (C=O) groups excluding carboxylic acids is 2. The summed E-state index contributed by atoms with van der Waals surface area (Å²) in [7, 11) is 0. The zero-order valence-corrected chi connectivity index (χ0v) is 14.5. The molecule has 0 spiro atoms. The molecule has 5 heteroatoms. The van der Waals surface area contributed by atoms with Crippen molar-refractivity contribution in [2.45, 2.75) is 26.4 Å². The minimum atomic E-state index is -0.638. The smallest absolute Gasteiger partial charge is 0.249 e. The molecule has 5 nitrogen and oxygen atoms in total. The van der Waals surface area contributed by atoms with Crippen LogP contribution in [0.5, 0.6) is 0 Å². The number of anilines is 1. The molecule has 1 aliphatic heterocycles. The van der Waals surface area contributed by atoms with Crippen LogP contribution in [0.15, 0.2) is 48.5 Å². The number of morpholine rings is 1. The Kier molecular flexibility index (Phi) is 5.14. The number of hydrogen-bond donors (Lipinski definition) is 1. The van der Waals surface area contributed by atoms with Gasteiger partial charge < -0.3 is 15.0 Å². The number of nitrogens with zero attached hydrogens (tertiary/aromatic N) is 1. The van der Waals surface area contributed by atoms with Gasteiger partial charge in [-0.1, -0.05) is 42.5 Å². The maximum absolute atomic E-state index is 12.8. The highest BCUT2D eigenvalue weighted by molar-refractivity contribution is 5.98. The SMILES string of the molecule is Cc1cccc(NC(=O)C2COCC(=O)N2Cc2ccccc2)c1C. The Morgan fingerprint density at radius 3 is 2.68 bits per heavy atom. The fourth-order valence-electron chi connectivity index (χ4n) is 2.90. The van der Waals surface area contributed by atoms with Crippen molar-refractivity contribution >= 4 is 17.5 Å². The first-order valence-electron chi connectivity index (χ1n) is 8.34. The number of amides is 2. The molecule has 1 fully saturated rings. The highest BCUT2D eigenvalue weighted by Crippen LogP contribution is 2.20. The van der Waals surface area contributed by atoms with E-state index in [1.807, 2.05) is 62.4 Å². The number of nitrogens with one attached hydrogen (secondary N) is 1. The van der Waals surface area contributed by atoms with Crippen LogP contribution in [-0.2, 0) is 20.9 Å². The van der Waals surface area contributed by atoms with Gasteiger partial charge in [-0.15, -0.1) is 0 Å². The Labute approximate surface area is 147 Å². The first-order chi connectivity index (χ1) is 12.1. The number of aryl methyl sites for hydroxylation is 1. The number of rotatable bonds is 4. The first kappa shape index (κ1) is 17.2. The van der Waals surface area contributed by atoms with E-state index in [-0.39, 0.29) is 25.0 Å². The van der Waals surface area contributed by atoms with Gasteiger partial charge in [0.1, 0.15) is 12.6 Å². The lowest BCUT2D eigenvalue weighted by Crippen LogP contribution is -2.54. The average Bonchev–Trinajstić information content (AvgIpc) is 2.61. The Morgan fingerprint density at radius 2 is 1.92 bits per heavy atom. The average molecular weight is 338 g/mol. The monoisotopic (exact) mass is 338 g/mol. The highest BCUT2D eigenvalue weighted by Gasteiger charge is 2.34. The highest BCUT2D eigenvalue weighted by atomic mass is 16.5. The lowest BCUT2D eigenvalue weighted by molar-refractivity contribution is -0.154. The number of ether oxygens (including phenoxy) is 1. The van der Waals surface area contributed by atoms with Crippen molar-refractivity contribution in [1.82, 2.24) is 4.90 Å². The first-order valence-corrected chi connectivity index (χ1v) is 8.34. The van der Waals surface area contributed by atoms with Gasteiger partial charge in [0.25, 0.3) is 0 Å². The van der Waals surface area contributed by atoms with E-state index < -0.39 is 6.04 Å². The largest absolute Gasteiger partial charge is 0.369 e. The summed E-state index contributed by atoms with van der Waals surface area (Å²) in [4.78, 5) is 26.7. The molecule has 1 saturated heterocycles. The molecule has 25 heavy (non-hydrogen) atoms. The molecule has 0 aliphatic carbocycles. The Balaban J connectivity index is 1.78. The van der Waals surface area contributed by atoms with Gasteiger partial charge in [-0.05, 0) is 36.6 Å². The van der Waals surface area contributed by atoms with Crippen molar-refractivity contribution in [3.05, 3.63) is 65.2 Å². The van der Waals surface area contributed by atoms with Crippen molar-refractivity contribution in [2.75, 3.05) is 18.5 Å². The van der Waals surface area contributed by atoms with Gasteiger partial charge in [0.15, 0.2) is 0 Å². The zero-order valence-electron chi connectivity index (χ0n) is 14.5. The molecule has 0 aromatic heterocycles. The van der Waals surface area contributed by atoms with E-state index in [9.17, 15) is 9.59 Å². The summed E-state index contributed by atoms with van der Waals surface area (Å²) in [6.07, 6.45) is 0. The van der Waals surface area contributed by atoms with Gasteiger partial charge in [-0.2, -0.15) is 0 Å². The molecule has 3 rings (SSSR count). The summed E-state index contributed by atoms with van der Waals surface area (Å²) < 4.78 is 5.32. The second-order valence-corrected chi connectivity index (χ2v) is 6.27. The van der Waals surface area contributed by atoms with Crippen LogP contribution in [-0.4, -0.2) is 36.0 Å². The van der Waals surface area contributed by atoms with Crippen molar-refractivity contribution in [1.29, 1.82) is 0 Å². The van der Waals surface area contributed by atoms with E-state index >= 15 is 0 Å². The van der Waals surface area contributed by atoms with E-state index in [0.717, 1.165) is 22.4 Å².